The minimum absolute atomic E-state index is 0.255. The first-order valence-electron chi connectivity index (χ1n) is 6.52. The van der Waals surface area contributed by atoms with Crippen LogP contribution in [0.3, 0.4) is 0 Å². The molecule has 1 atom stereocenters. The topological polar surface area (TPSA) is 63.6 Å². The van der Waals surface area contributed by atoms with Gasteiger partial charge in [0.1, 0.15) is 0 Å². The Labute approximate surface area is 115 Å². The van der Waals surface area contributed by atoms with Gasteiger partial charge in [0, 0.05) is 0 Å². The predicted octanol–water partition coefficient (Wildman–Crippen LogP) is 2.06. The molecule has 0 heterocycles. The zero-order valence-electron chi connectivity index (χ0n) is 12.4. The highest BCUT2D eigenvalue weighted by atomic mass is 32.2. The van der Waals surface area contributed by atoms with E-state index in [2.05, 4.69) is 0 Å². The lowest BCUT2D eigenvalue weighted by molar-refractivity contribution is -0.0753. The molecule has 4 nitrogen and oxygen atoms in total. The third-order valence-corrected chi connectivity index (χ3v) is 7.69. The van der Waals surface area contributed by atoms with Crippen LogP contribution in [0.2, 0.25) is 0 Å². The Kier molecular flexibility index (Phi) is 4.41. The molecule has 0 radical (unpaired) electrons. The Morgan fingerprint density at radius 2 is 1.74 bits per heavy atom. The van der Waals surface area contributed by atoms with Crippen molar-refractivity contribution in [3.05, 3.63) is 0 Å². The second-order valence-electron chi connectivity index (χ2n) is 6.91. The number of aliphatic hydroxyl groups excluding tert-OH is 1. The van der Waals surface area contributed by atoms with E-state index in [0.717, 1.165) is 0 Å². The van der Waals surface area contributed by atoms with Gasteiger partial charge in [0.25, 0.3) is 0 Å². The minimum Gasteiger partial charge on any atom is -0.391 e. The third-order valence-electron chi connectivity index (χ3n) is 4.07. The van der Waals surface area contributed by atoms with Crippen LogP contribution in [-0.2, 0) is 14.6 Å². The number of sulfone groups is 1. The van der Waals surface area contributed by atoms with Gasteiger partial charge in [0.2, 0.25) is 6.36 Å². The number of hydrogen-bond donors (Lipinski definition) is 1. The number of halogens is 1. The predicted molar refractivity (Wildman–Crippen MR) is 72.4 cm³/mol. The standard InChI is InChI=1S/C13H25FO4S/c1-11(2,3)13(6-7-13)19(16,17)12(4,5)9-18-10(14)8-15/h10,15H,6-9H2,1-5H3. The van der Waals surface area contributed by atoms with Crippen molar-refractivity contribution in [2.24, 2.45) is 5.41 Å². The summed E-state index contributed by atoms with van der Waals surface area (Å²) in [5, 5.41) is 8.59. The summed E-state index contributed by atoms with van der Waals surface area (Å²) in [5.41, 5.74) is -0.352. The maximum Gasteiger partial charge on any atom is 0.222 e. The molecule has 1 unspecified atom stereocenters. The van der Waals surface area contributed by atoms with E-state index in [1.807, 2.05) is 20.8 Å². The molecule has 0 aromatic heterocycles. The molecule has 0 aliphatic heterocycles. The smallest absolute Gasteiger partial charge is 0.222 e. The van der Waals surface area contributed by atoms with Crippen molar-refractivity contribution in [1.82, 2.24) is 0 Å². The van der Waals surface area contributed by atoms with Crippen molar-refractivity contribution in [1.29, 1.82) is 0 Å². The van der Waals surface area contributed by atoms with Gasteiger partial charge in [-0.15, -0.1) is 0 Å². The summed E-state index contributed by atoms with van der Waals surface area (Å²) >= 11 is 0. The molecule has 19 heavy (non-hydrogen) atoms. The summed E-state index contributed by atoms with van der Waals surface area (Å²) in [7, 11) is -3.46. The summed E-state index contributed by atoms with van der Waals surface area (Å²) in [5.74, 6) is 0. The van der Waals surface area contributed by atoms with Crippen LogP contribution < -0.4 is 0 Å². The molecule has 6 heteroatoms. The average Bonchev–Trinajstić information content (AvgIpc) is 3.05. The molecule has 0 amide bonds. The molecular weight excluding hydrogens is 271 g/mol. The number of ether oxygens (including phenoxy) is 1. The molecule has 114 valence electrons. The fraction of sp³-hybridized carbons (Fsp3) is 1.00. The summed E-state index contributed by atoms with van der Waals surface area (Å²) in [6, 6.07) is 0. The molecule has 1 rings (SSSR count). The van der Waals surface area contributed by atoms with Gasteiger partial charge in [-0.05, 0) is 32.1 Å². The van der Waals surface area contributed by atoms with E-state index in [0.29, 0.717) is 12.8 Å². The summed E-state index contributed by atoms with van der Waals surface area (Å²) < 4.78 is 41.4. The van der Waals surface area contributed by atoms with E-state index in [-0.39, 0.29) is 12.0 Å². The molecule has 1 saturated carbocycles. The Balaban J connectivity index is 2.94. The zero-order chi connectivity index (χ0) is 15.1. The van der Waals surface area contributed by atoms with E-state index in [1.165, 1.54) is 0 Å². The van der Waals surface area contributed by atoms with Crippen LogP contribution in [0.15, 0.2) is 0 Å². The van der Waals surface area contributed by atoms with E-state index in [9.17, 15) is 12.8 Å². The maximum absolute atomic E-state index is 12.9. The van der Waals surface area contributed by atoms with Crippen molar-refractivity contribution in [2.75, 3.05) is 13.2 Å². The highest BCUT2D eigenvalue weighted by Crippen LogP contribution is 2.58. The lowest BCUT2D eigenvalue weighted by Crippen LogP contribution is -2.50. The van der Waals surface area contributed by atoms with Crippen molar-refractivity contribution < 1.29 is 22.7 Å². The molecule has 0 spiro atoms. The summed E-state index contributed by atoms with van der Waals surface area (Å²) in [6.07, 6.45) is -0.554. The van der Waals surface area contributed by atoms with E-state index < -0.39 is 32.3 Å². The summed E-state index contributed by atoms with van der Waals surface area (Å²) in [6.45, 7) is 7.84. The Morgan fingerprint density at radius 3 is 2.05 bits per heavy atom. The molecule has 1 aliphatic rings. The maximum atomic E-state index is 12.9. The molecule has 0 aromatic carbocycles. The van der Waals surface area contributed by atoms with E-state index >= 15 is 0 Å². The lowest BCUT2D eigenvalue weighted by Gasteiger charge is -2.37. The van der Waals surface area contributed by atoms with Crippen molar-refractivity contribution in [3.63, 3.8) is 0 Å². The van der Waals surface area contributed by atoms with E-state index in [1.54, 1.807) is 13.8 Å². The average molecular weight is 296 g/mol. The number of hydrogen-bond acceptors (Lipinski definition) is 4. The Morgan fingerprint density at radius 1 is 1.26 bits per heavy atom. The highest BCUT2D eigenvalue weighted by Gasteiger charge is 2.65. The van der Waals surface area contributed by atoms with Crippen molar-refractivity contribution in [3.8, 4) is 0 Å². The summed E-state index contributed by atoms with van der Waals surface area (Å²) in [4.78, 5) is 0. The second kappa shape index (κ2) is 4.97. The molecule has 1 fully saturated rings. The van der Waals surface area contributed by atoms with Gasteiger partial charge < -0.3 is 9.84 Å². The first-order valence-corrected chi connectivity index (χ1v) is 8.00. The highest BCUT2D eigenvalue weighted by molar-refractivity contribution is 7.94. The Hall–Kier alpha value is -0.200. The zero-order valence-corrected chi connectivity index (χ0v) is 13.2. The van der Waals surface area contributed by atoms with Crippen molar-refractivity contribution in [2.45, 2.75) is 63.3 Å². The van der Waals surface area contributed by atoms with Gasteiger partial charge in [-0.2, -0.15) is 0 Å². The van der Waals surface area contributed by atoms with Crippen LogP contribution in [0.25, 0.3) is 0 Å². The van der Waals surface area contributed by atoms with Crippen LogP contribution in [0.5, 0.6) is 0 Å². The quantitative estimate of drug-likeness (QED) is 0.815. The number of rotatable bonds is 6. The van der Waals surface area contributed by atoms with Gasteiger partial charge in [0.15, 0.2) is 9.84 Å². The monoisotopic (exact) mass is 296 g/mol. The molecule has 0 aromatic rings. The molecular formula is C13H25FO4S. The van der Waals surface area contributed by atoms with Crippen LogP contribution in [-0.4, -0.2) is 42.6 Å². The fourth-order valence-electron chi connectivity index (χ4n) is 2.49. The van der Waals surface area contributed by atoms with Crippen LogP contribution >= 0.6 is 0 Å². The normalized spacial score (nSPS) is 21.2. The van der Waals surface area contributed by atoms with Crippen LogP contribution in [0.4, 0.5) is 4.39 Å². The second-order valence-corrected chi connectivity index (χ2v) is 9.80. The van der Waals surface area contributed by atoms with Gasteiger partial charge in [-0.1, -0.05) is 20.8 Å². The molecule has 0 saturated heterocycles. The SMILES string of the molecule is CC(C)(C)C1(S(=O)(=O)C(C)(C)COC(F)CO)CC1. The van der Waals surface area contributed by atoms with Gasteiger partial charge in [-0.3, -0.25) is 0 Å². The first-order chi connectivity index (χ1) is 8.41. The van der Waals surface area contributed by atoms with E-state index in [4.69, 9.17) is 9.84 Å². The Bertz CT molecular complexity index is 418. The van der Waals surface area contributed by atoms with Crippen LogP contribution in [0.1, 0.15) is 47.5 Å². The minimum atomic E-state index is -3.46. The van der Waals surface area contributed by atoms with Gasteiger partial charge in [-0.25, -0.2) is 12.8 Å². The molecule has 1 N–H and O–H groups in total. The van der Waals surface area contributed by atoms with Gasteiger partial charge >= 0.3 is 0 Å². The first kappa shape index (κ1) is 16.9. The largest absolute Gasteiger partial charge is 0.391 e. The lowest BCUT2D eigenvalue weighted by atomic mass is 9.89. The molecule has 1 aliphatic carbocycles. The molecule has 0 bridgehead atoms. The number of alkyl halides is 1. The number of aliphatic hydroxyl groups is 1. The van der Waals surface area contributed by atoms with Crippen molar-refractivity contribution >= 4 is 9.84 Å². The van der Waals surface area contributed by atoms with Gasteiger partial charge in [0.05, 0.1) is 22.7 Å². The third kappa shape index (κ3) is 2.81. The fourth-order valence-corrected chi connectivity index (χ4v) is 5.21. The van der Waals surface area contributed by atoms with Crippen LogP contribution in [0, 0.1) is 5.41 Å².